The normalized spacial score (nSPS) is 11.4. The maximum atomic E-state index is 11.4. The van der Waals surface area contributed by atoms with Crippen molar-refractivity contribution in [2.24, 2.45) is 0 Å². The molecule has 0 aliphatic carbocycles. The van der Waals surface area contributed by atoms with Crippen molar-refractivity contribution in [1.29, 1.82) is 0 Å². The molecule has 1 aromatic carbocycles. The van der Waals surface area contributed by atoms with E-state index in [1.54, 1.807) is 24.3 Å². The van der Waals surface area contributed by atoms with Crippen LogP contribution in [0.3, 0.4) is 0 Å². The lowest BCUT2D eigenvalue weighted by atomic mass is 10.2. The van der Waals surface area contributed by atoms with Crippen LogP contribution in [0.5, 0.6) is 5.75 Å². The number of ether oxygens (including phenoxy) is 1. The molecule has 5 heteroatoms. The number of hydrogen-bond acceptors (Lipinski definition) is 3. The fraction of sp³-hybridized carbons (Fsp3) is 0.385. The van der Waals surface area contributed by atoms with Gasteiger partial charge in [0.05, 0.1) is 0 Å². The van der Waals surface area contributed by atoms with E-state index in [0.717, 1.165) is 6.42 Å². The molecule has 0 fully saturated rings. The molecule has 0 heterocycles. The molecule has 0 saturated carbocycles. The molecule has 0 radical (unpaired) electrons. The van der Waals surface area contributed by atoms with Gasteiger partial charge in [-0.15, -0.1) is 0 Å². The van der Waals surface area contributed by atoms with Crippen LogP contribution >= 0.6 is 0 Å². The van der Waals surface area contributed by atoms with Gasteiger partial charge in [-0.1, -0.05) is 25.1 Å². The Hall–Kier alpha value is -2.04. The molecule has 0 spiro atoms. The highest BCUT2D eigenvalue weighted by Gasteiger charge is 2.08. The van der Waals surface area contributed by atoms with E-state index in [9.17, 15) is 9.59 Å². The van der Waals surface area contributed by atoms with Crippen molar-refractivity contribution in [3.05, 3.63) is 30.3 Å². The third-order valence-electron chi connectivity index (χ3n) is 2.37. The predicted molar refractivity (Wildman–Crippen MR) is 68.4 cm³/mol. The molecule has 98 valence electrons. The van der Waals surface area contributed by atoms with Crippen molar-refractivity contribution in [2.45, 2.75) is 26.3 Å². The molecule has 0 aromatic heterocycles. The zero-order valence-corrected chi connectivity index (χ0v) is 10.6. The van der Waals surface area contributed by atoms with E-state index >= 15 is 0 Å². The molecule has 0 unspecified atom stereocenters. The van der Waals surface area contributed by atoms with Crippen molar-refractivity contribution in [1.82, 2.24) is 10.6 Å². The topological polar surface area (TPSA) is 67.4 Å². The van der Waals surface area contributed by atoms with Gasteiger partial charge in [0.25, 0.3) is 0 Å². The Morgan fingerprint density at radius 3 is 2.56 bits per heavy atom. The average molecular weight is 250 g/mol. The van der Waals surface area contributed by atoms with E-state index in [1.165, 1.54) is 0 Å². The second-order valence-electron chi connectivity index (χ2n) is 3.93. The zero-order valence-electron chi connectivity index (χ0n) is 10.6. The van der Waals surface area contributed by atoms with Gasteiger partial charge in [-0.3, -0.25) is 4.79 Å². The van der Waals surface area contributed by atoms with Gasteiger partial charge in [-0.2, -0.15) is 0 Å². The van der Waals surface area contributed by atoms with Crippen molar-refractivity contribution in [3.63, 3.8) is 0 Å². The van der Waals surface area contributed by atoms with Crippen molar-refractivity contribution < 1.29 is 14.3 Å². The summed E-state index contributed by atoms with van der Waals surface area (Å²) in [5, 5.41) is 5.13. The van der Waals surface area contributed by atoms with Gasteiger partial charge in [0.1, 0.15) is 12.3 Å². The van der Waals surface area contributed by atoms with Crippen LogP contribution in [0.15, 0.2) is 30.3 Å². The standard InChI is InChI=1S/C13H18N2O3/c1-3-10(2)15-12(16)9-14-13(17)18-11-7-5-4-6-8-11/h4-8,10H,3,9H2,1-2H3,(H,14,17)(H,15,16)/t10-/m1/s1. The van der Waals surface area contributed by atoms with Gasteiger partial charge in [0.15, 0.2) is 0 Å². The summed E-state index contributed by atoms with van der Waals surface area (Å²) >= 11 is 0. The first kappa shape index (κ1) is 14.0. The van der Waals surface area contributed by atoms with Crippen LogP contribution < -0.4 is 15.4 Å². The van der Waals surface area contributed by atoms with E-state index in [0.29, 0.717) is 5.75 Å². The minimum absolute atomic E-state index is 0.0873. The lowest BCUT2D eigenvalue weighted by Gasteiger charge is -2.11. The van der Waals surface area contributed by atoms with Gasteiger partial charge in [-0.05, 0) is 25.5 Å². The molecular formula is C13H18N2O3. The Morgan fingerprint density at radius 2 is 1.94 bits per heavy atom. The number of hydrogen-bond donors (Lipinski definition) is 2. The summed E-state index contributed by atoms with van der Waals surface area (Å²) in [5.41, 5.74) is 0. The predicted octanol–water partition coefficient (Wildman–Crippen LogP) is 1.69. The lowest BCUT2D eigenvalue weighted by Crippen LogP contribution is -2.41. The number of nitrogens with one attached hydrogen (secondary N) is 2. The summed E-state index contributed by atoms with van der Waals surface area (Å²) in [5.74, 6) is 0.215. The number of benzene rings is 1. The highest BCUT2D eigenvalue weighted by molar-refractivity contribution is 5.82. The average Bonchev–Trinajstić information content (AvgIpc) is 2.37. The Balaban J connectivity index is 2.27. The molecule has 5 nitrogen and oxygen atoms in total. The van der Waals surface area contributed by atoms with Gasteiger partial charge in [0.2, 0.25) is 5.91 Å². The molecule has 1 aromatic rings. The molecule has 0 aliphatic rings. The number of carbonyl (C=O) groups excluding carboxylic acids is 2. The second kappa shape index (κ2) is 7.32. The third kappa shape index (κ3) is 5.34. The fourth-order valence-corrected chi connectivity index (χ4v) is 1.21. The van der Waals surface area contributed by atoms with E-state index in [2.05, 4.69) is 10.6 Å². The van der Waals surface area contributed by atoms with Gasteiger partial charge < -0.3 is 15.4 Å². The molecule has 0 bridgehead atoms. The fourth-order valence-electron chi connectivity index (χ4n) is 1.21. The monoisotopic (exact) mass is 250 g/mol. The van der Waals surface area contributed by atoms with E-state index in [-0.39, 0.29) is 18.5 Å². The highest BCUT2D eigenvalue weighted by atomic mass is 16.6. The third-order valence-corrected chi connectivity index (χ3v) is 2.37. The lowest BCUT2D eigenvalue weighted by molar-refractivity contribution is -0.120. The van der Waals surface area contributed by atoms with Gasteiger partial charge in [-0.25, -0.2) is 4.79 Å². The van der Waals surface area contributed by atoms with E-state index in [4.69, 9.17) is 4.74 Å². The van der Waals surface area contributed by atoms with Crippen LogP contribution in [-0.2, 0) is 4.79 Å². The number of amides is 2. The van der Waals surface area contributed by atoms with E-state index in [1.807, 2.05) is 19.9 Å². The molecule has 1 rings (SSSR count). The first-order chi connectivity index (χ1) is 8.61. The van der Waals surface area contributed by atoms with Gasteiger partial charge in [0, 0.05) is 6.04 Å². The molecule has 0 aliphatic heterocycles. The Bertz CT molecular complexity index is 392. The van der Waals surface area contributed by atoms with Crippen molar-refractivity contribution in [3.8, 4) is 5.75 Å². The van der Waals surface area contributed by atoms with Crippen LogP contribution in [0.1, 0.15) is 20.3 Å². The summed E-state index contributed by atoms with van der Waals surface area (Å²) in [4.78, 5) is 22.7. The number of rotatable bonds is 5. The first-order valence-electron chi connectivity index (χ1n) is 5.92. The van der Waals surface area contributed by atoms with Crippen LogP contribution in [0.4, 0.5) is 4.79 Å². The highest BCUT2D eigenvalue weighted by Crippen LogP contribution is 2.07. The summed E-state index contributed by atoms with van der Waals surface area (Å²) in [6.07, 6.45) is 0.209. The summed E-state index contributed by atoms with van der Waals surface area (Å²) < 4.78 is 4.97. The van der Waals surface area contributed by atoms with E-state index < -0.39 is 6.09 Å². The minimum Gasteiger partial charge on any atom is -0.410 e. The second-order valence-corrected chi connectivity index (χ2v) is 3.93. The van der Waals surface area contributed by atoms with Crippen molar-refractivity contribution in [2.75, 3.05) is 6.54 Å². The maximum absolute atomic E-state index is 11.4. The number of para-hydroxylation sites is 1. The Kier molecular flexibility index (Phi) is 5.70. The summed E-state index contributed by atoms with van der Waals surface area (Å²) in [6, 6.07) is 8.78. The molecular weight excluding hydrogens is 232 g/mol. The van der Waals surface area contributed by atoms with Crippen LogP contribution in [-0.4, -0.2) is 24.6 Å². The molecule has 0 saturated heterocycles. The molecule has 1 atom stereocenters. The Labute approximate surface area is 107 Å². The zero-order chi connectivity index (χ0) is 13.4. The quantitative estimate of drug-likeness (QED) is 0.835. The van der Waals surface area contributed by atoms with Crippen LogP contribution in [0.25, 0.3) is 0 Å². The minimum atomic E-state index is -0.638. The largest absolute Gasteiger partial charge is 0.413 e. The van der Waals surface area contributed by atoms with Crippen LogP contribution in [0.2, 0.25) is 0 Å². The molecule has 2 N–H and O–H groups in total. The van der Waals surface area contributed by atoms with Crippen LogP contribution in [0, 0.1) is 0 Å². The molecule has 18 heavy (non-hydrogen) atoms. The summed E-state index contributed by atoms with van der Waals surface area (Å²) in [7, 11) is 0. The van der Waals surface area contributed by atoms with Gasteiger partial charge >= 0.3 is 6.09 Å². The Morgan fingerprint density at radius 1 is 1.28 bits per heavy atom. The number of carbonyl (C=O) groups is 2. The summed E-state index contributed by atoms with van der Waals surface area (Å²) in [6.45, 7) is 3.79. The first-order valence-corrected chi connectivity index (χ1v) is 5.92. The molecule has 2 amide bonds. The SMILES string of the molecule is CC[C@@H](C)NC(=O)CNC(=O)Oc1ccccc1. The van der Waals surface area contributed by atoms with Crippen molar-refractivity contribution >= 4 is 12.0 Å². The maximum Gasteiger partial charge on any atom is 0.413 e. The smallest absolute Gasteiger partial charge is 0.410 e.